The van der Waals surface area contributed by atoms with Crippen LogP contribution in [0.2, 0.25) is 0 Å². The van der Waals surface area contributed by atoms with Gasteiger partial charge in [-0.2, -0.15) is 0 Å². The number of carbonyl (C=O) groups is 1. The molecule has 0 aromatic heterocycles. The van der Waals surface area contributed by atoms with Gasteiger partial charge in [0.05, 0.1) is 12.6 Å². The lowest BCUT2D eigenvalue weighted by atomic mass is 10.2. The number of hydrogen-bond donors (Lipinski definition) is 2. The second-order valence-electron chi connectivity index (χ2n) is 3.36. The highest BCUT2D eigenvalue weighted by Gasteiger charge is 2.09. The molecule has 88 valence electrons. The van der Waals surface area contributed by atoms with Crippen molar-refractivity contribution >= 4 is 11.6 Å². The Morgan fingerprint density at radius 2 is 2.31 bits per heavy atom. The maximum atomic E-state index is 13.4. The molecular weight excluding hydrogens is 211 g/mol. The molecule has 16 heavy (non-hydrogen) atoms. The van der Waals surface area contributed by atoms with Crippen molar-refractivity contribution in [2.24, 2.45) is 5.73 Å². The molecular formula is C11H15FN2O2. The number of amides is 1. The highest BCUT2D eigenvalue weighted by Crippen LogP contribution is 2.21. The first-order valence-corrected chi connectivity index (χ1v) is 5.03. The van der Waals surface area contributed by atoms with E-state index in [4.69, 9.17) is 10.5 Å². The Morgan fingerprint density at radius 3 is 2.81 bits per heavy atom. The van der Waals surface area contributed by atoms with Crippen LogP contribution in [0, 0.1) is 5.82 Å². The van der Waals surface area contributed by atoms with E-state index in [1.165, 1.54) is 12.1 Å². The van der Waals surface area contributed by atoms with Crippen LogP contribution in [0.3, 0.4) is 0 Å². The Hall–Kier alpha value is -1.62. The van der Waals surface area contributed by atoms with Crippen molar-refractivity contribution in [3.8, 4) is 5.75 Å². The number of hydrogen-bond acceptors (Lipinski definition) is 3. The lowest BCUT2D eigenvalue weighted by Gasteiger charge is -2.09. The summed E-state index contributed by atoms with van der Waals surface area (Å²) >= 11 is 0. The van der Waals surface area contributed by atoms with Gasteiger partial charge in [-0.3, -0.25) is 4.79 Å². The van der Waals surface area contributed by atoms with E-state index in [9.17, 15) is 9.18 Å². The summed E-state index contributed by atoms with van der Waals surface area (Å²) in [7, 11) is 0. The van der Waals surface area contributed by atoms with E-state index < -0.39 is 11.9 Å². The molecule has 0 heterocycles. The monoisotopic (exact) mass is 226 g/mol. The van der Waals surface area contributed by atoms with Gasteiger partial charge in [-0.1, -0.05) is 0 Å². The molecule has 0 fully saturated rings. The molecule has 0 bridgehead atoms. The normalized spacial score (nSPS) is 12.0. The summed E-state index contributed by atoms with van der Waals surface area (Å²) in [5, 5.41) is 2.49. The Labute approximate surface area is 93.6 Å². The summed E-state index contributed by atoms with van der Waals surface area (Å²) < 4.78 is 18.4. The quantitative estimate of drug-likeness (QED) is 0.817. The van der Waals surface area contributed by atoms with Gasteiger partial charge in [0.25, 0.3) is 0 Å². The van der Waals surface area contributed by atoms with Gasteiger partial charge in [-0.15, -0.1) is 0 Å². The molecule has 0 radical (unpaired) electrons. The van der Waals surface area contributed by atoms with Gasteiger partial charge in [0.2, 0.25) is 5.91 Å². The molecule has 1 aromatic carbocycles. The number of anilines is 1. The molecule has 0 unspecified atom stereocenters. The SMILES string of the molecule is CCOc1ccc(NC(=O)[C@H](C)N)cc1F. The third-order valence-corrected chi connectivity index (χ3v) is 1.91. The maximum Gasteiger partial charge on any atom is 0.241 e. The zero-order chi connectivity index (χ0) is 12.1. The summed E-state index contributed by atoms with van der Waals surface area (Å²) in [6.45, 7) is 3.72. The van der Waals surface area contributed by atoms with Gasteiger partial charge in [-0.25, -0.2) is 4.39 Å². The first-order chi connectivity index (χ1) is 7.54. The Bertz CT molecular complexity index is 380. The third kappa shape index (κ3) is 3.20. The second-order valence-corrected chi connectivity index (χ2v) is 3.36. The van der Waals surface area contributed by atoms with Gasteiger partial charge < -0.3 is 15.8 Å². The van der Waals surface area contributed by atoms with Crippen molar-refractivity contribution < 1.29 is 13.9 Å². The Kier molecular flexibility index (Phi) is 4.25. The fourth-order valence-electron chi connectivity index (χ4n) is 1.11. The minimum Gasteiger partial charge on any atom is -0.491 e. The van der Waals surface area contributed by atoms with Crippen LogP contribution in [0.4, 0.5) is 10.1 Å². The van der Waals surface area contributed by atoms with Crippen molar-refractivity contribution in [1.29, 1.82) is 0 Å². The van der Waals surface area contributed by atoms with Crippen molar-refractivity contribution in [2.45, 2.75) is 19.9 Å². The highest BCUT2D eigenvalue weighted by atomic mass is 19.1. The standard InChI is InChI=1S/C11H15FN2O2/c1-3-16-10-5-4-8(6-9(10)12)14-11(15)7(2)13/h4-7H,3,13H2,1-2H3,(H,14,15)/t7-/m0/s1. The summed E-state index contributed by atoms with van der Waals surface area (Å²) in [5.41, 5.74) is 5.73. The molecule has 1 rings (SSSR count). The first kappa shape index (κ1) is 12.4. The molecule has 1 aromatic rings. The van der Waals surface area contributed by atoms with Gasteiger partial charge in [0.1, 0.15) is 0 Å². The summed E-state index contributed by atoms with van der Waals surface area (Å²) in [6.07, 6.45) is 0. The number of carbonyl (C=O) groups excluding carboxylic acids is 1. The predicted molar refractivity (Wildman–Crippen MR) is 59.8 cm³/mol. The third-order valence-electron chi connectivity index (χ3n) is 1.91. The largest absolute Gasteiger partial charge is 0.491 e. The van der Waals surface area contributed by atoms with E-state index in [1.54, 1.807) is 19.9 Å². The summed E-state index contributed by atoms with van der Waals surface area (Å²) in [5.74, 6) is -0.700. The molecule has 1 amide bonds. The van der Waals surface area contributed by atoms with Crippen LogP contribution in [0.15, 0.2) is 18.2 Å². The van der Waals surface area contributed by atoms with Crippen LogP contribution in [-0.4, -0.2) is 18.6 Å². The van der Waals surface area contributed by atoms with Crippen LogP contribution in [0.1, 0.15) is 13.8 Å². The number of halogens is 1. The fraction of sp³-hybridized carbons (Fsp3) is 0.364. The molecule has 0 aliphatic heterocycles. The van der Waals surface area contributed by atoms with Crippen molar-refractivity contribution in [2.75, 3.05) is 11.9 Å². The zero-order valence-corrected chi connectivity index (χ0v) is 9.29. The van der Waals surface area contributed by atoms with E-state index in [-0.39, 0.29) is 11.7 Å². The maximum absolute atomic E-state index is 13.4. The van der Waals surface area contributed by atoms with Gasteiger partial charge in [-0.05, 0) is 26.0 Å². The molecule has 1 atom stereocenters. The van der Waals surface area contributed by atoms with Crippen LogP contribution in [0.5, 0.6) is 5.75 Å². The molecule has 0 saturated carbocycles. The highest BCUT2D eigenvalue weighted by molar-refractivity contribution is 5.94. The minimum absolute atomic E-state index is 0.168. The lowest BCUT2D eigenvalue weighted by Crippen LogP contribution is -2.32. The fourth-order valence-corrected chi connectivity index (χ4v) is 1.11. The van der Waals surface area contributed by atoms with Crippen molar-refractivity contribution in [3.05, 3.63) is 24.0 Å². The van der Waals surface area contributed by atoms with Crippen LogP contribution < -0.4 is 15.8 Å². The van der Waals surface area contributed by atoms with E-state index in [2.05, 4.69) is 5.32 Å². The number of rotatable bonds is 4. The molecule has 3 N–H and O–H groups in total. The molecule has 0 saturated heterocycles. The second kappa shape index (κ2) is 5.46. The van der Waals surface area contributed by atoms with E-state index in [1.807, 2.05) is 0 Å². The smallest absolute Gasteiger partial charge is 0.241 e. The number of benzene rings is 1. The first-order valence-electron chi connectivity index (χ1n) is 5.03. The average Bonchev–Trinajstić information content (AvgIpc) is 2.22. The zero-order valence-electron chi connectivity index (χ0n) is 9.29. The lowest BCUT2D eigenvalue weighted by molar-refractivity contribution is -0.117. The molecule has 0 aliphatic carbocycles. The molecule has 0 aliphatic rings. The van der Waals surface area contributed by atoms with Gasteiger partial charge in [0, 0.05) is 11.8 Å². The number of ether oxygens (including phenoxy) is 1. The van der Waals surface area contributed by atoms with Crippen molar-refractivity contribution in [1.82, 2.24) is 0 Å². The van der Waals surface area contributed by atoms with Crippen LogP contribution in [0.25, 0.3) is 0 Å². The Balaban J connectivity index is 2.77. The predicted octanol–water partition coefficient (Wildman–Crippen LogP) is 1.51. The number of nitrogens with one attached hydrogen (secondary N) is 1. The summed E-state index contributed by atoms with van der Waals surface area (Å²) in [4.78, 5) is 11.2. The van der Waals surface area contributed by atoms with Gasteiger partial charge in [0.15, 0.2) is 11.6 Å². The minimum atomic E-state index is -0.630. The van der Waals surface area contributed by atoms with E-state index in [0.29, 0.717) is 12.3 Å². The van der Waals surface area contributed by atoms with Crippen molar-refractivity contribution in [3.63, 3.8) is 0 Å². The molecule has 4 nitrogen and oxygen atoms in total. The van der Waals surface area contributed by atoms with Crippen LogP contribution in [-0.2, 0) is 4.79 Å². The van der Waals surface area contributed by atoms with E-state index in [0.717, 1.165) is 0 Å². The molecule has 5 heteroatoms. The molecule has 0 spiro atoms. The summed E-state index contributed by atoms with van der Waals surface area (Å²) in [6, 6.07) is 3.60. The topological polar surface area (TPSA) is 64.3 Å². The Morgan fingerprint density at radius 1 is 1.62 bits per heavy atom. The van der Waals surface area contributed by atoms with E-state index >= 15 is 0 Å². The number of nitrogens with two attached hydrogens (primary N) is 1. The van der Waals surface area contributed by atoms with Crippen LogP contribution >= 0.6 is 0 Å². The van der Waals surface area contributed by atoms with Gasteiger partial charge >= 0.3 is 0 Å². The average molecular weight is 226 g/mol.